The smallest absolute Gasteiger partial charge is 0.0916 e. The Labute approximate surface area is 101 Å². The number of benzene rings is 1. The first-order chi connectivity index (χ1) is 8.33. The van der Waals surface area contributed by atoms with Crippen LogP contribution in [0, 0.1) is 0 Å². The van der Waals surface area contributed by atoms with Gasteiger partial charge in [-0.1, -0.05) is 18.2 Å². The molecule has 0 aliphatic heterocycles. The maximum Gasteiger partial charge on any atom is 0.0916 e. The molecule has 92 valence electrons. The number of rotatable bonds is 6. The summed E-state index contributed by atoms with van der Waals surface area (Å²) in [6.07, 6.45) is 2.12. The number of hydrogen-bond acceptors (Lipinski definition) is 3. The highest BCUT2D eigenvalue weighted by Crippen LogP contribution is 2.19. The van der Waals surface area contributed by atoms with Crippen molar-refractivity contribution < 1.29 is 9.57 Å². The van der Waals surface area contributed by atoms with Crippen molar-refractivity contribution in [1.29, 1.82) is 0 Å². The summed E-state index contributed by atoms with van der Waals surface area (Å²) in [6.45, 7) is 1.86. The molecule has 0 bridgehead atoms. The van der Waals surface area contributed by atoms with Crippen LogP contribution in [-0.2, 0) is 23.2 Å². The second kappa shape index (κ2) is 5.82. The predicted octanol–water partition coefficient (Wildman–Crippen LogP) is 1.85. The minimum Gasteiger partial charge on any atom is -0.382 e. The number of ether oxygens (including phenoxy) is 1. The molecule has 1 aromatic heterocycles. The first-order valence-corrected chi connectivity index (χ1v) is 5.69. The molecular weight excluding hydrogens is 216 g/mol. The SMILES string of the molecule is COCCONCc1cn(C)c2ccccc12. The molecule has 17 heavy (non-hydrogen) atoms. The monoisotopic (exact) mass is 234 g/mol. The molecule has 0 spiro atoms. The van der Waals surface area contributed by atoms with Crippen LogP contribution in [0.1, 0.15) is 5.56 Å². The number of hydrogen-bond donors (Lipinski definition) is 1. The molecule has 1 N–H and O–H groups in total. The molecule has 2 aromatic rings. The van der Waals surface area contributed by atoms with Crippen LogP contribution >= 0.6 is 0 Å². The molecule has 0 atom stereocenters. The molecule has 0 aliphatic carbocycles. The number of nitrogens with one attached hydrogen (secondary N) is 1. The van der Waals surface area contributed by atoms with Gasteiger partial charge in [-0.05, 0) is 11.6 Å². The second-order valence-electron chi connectivity index (χ2n) is 3.94. The Hall–Kier alpha value is -1.36. The van der Waals surface area contributed by atoms with Crippen LogP contribution < -0.4 is 5.48 Å². The van der Waals surface area contributed by atoms with E-state index in [1.165, 1.54) is 16.5 Å². The molecule has 4 heteroatoms. The molecule has 1 heterocycles. The van der Waals surface area contributed by atoms with Gasteiger partial charge in [-0.2, -0.15) is 5.48 Å². The van der Waals surface area contributed by atoms with Crippen LogP contribution in [0.25, 0.3) is 10.9 Å². The van der Waals surface area contributed by atoms with Gasteiger partial charge in [-0.3, -0.25) is 4.84 Å². The fourth-order valence-corrected chi connectivity index (χ4v) is 1.89. The van der Waals surface area contributed by atoms with Gasteiger partial charge in [0.2, 0.25) is 0 Å². The van der Waals surface area contributed by atoms with E-state index in [-0.39, 0.29) is 0 Å². The normalized spacial score (nSPS) is 11.2. The average molecular weight is 234 g/mol. The highest BCUT2D eigenvalue weighted by molar-refractivity contribution is 5.83. The lowest BCUT2D eigenvalue weighted by Gasteiger charge is -2.04. The summed E-state index contributed by atoms with van der Waals surface area (Å²) in [4.78, 5) is 5.25. The molecule has 0 saturated carbocycles. The molecule has 4 nitrogen and oxygen atoms in total. The predicted molar refractivity (Wildman–Crippen MR) is 67.6 cm³/mol. The van der Waals surface area contributed by atoms with Gasteiger partial charge in [-0.15, -0.1) is 0 Å². The van der Waals surface area contributed by atoms with Crippen LogP contribution in [-0.4, -0.2) is 24.9 Å². The van der Waals surface area contributed by atoms with Crippen molar-refractivity contribution in [1.82, 2.24) is 10.0 Å². The molecule has 0 amide bonds. The molecule has 2 rings (SSSR count). The number of para-hydroxylation sites is 1. The molecule has 0 fully saturated rings. The summed E-state index contributed by atoms with van der Waals surface area (Å²) in [5, 5.41) is 1.26. The Kier molecular flexibility index (Phi) is 4.14. The summed E-state index contributed by atoms with van der Waals surface area (Å²) < 4.78 is 7.03. The van der Waals surface area contributed by atoms with Crippen molar-refractivity contribution in [2.24, 2.45) is 7.05 Å². The van der Waals surface area contributed by atoms with E-state index in [0.717, 1.165) is 0 Å². The van der Waals surface area contributed by atoms with Gasteiger partial charge in [0.25, 0.3) is 0 Å². The van der Waals surface area contributed by atoms with Gasteiger partial charge in [0.15, 0.2) is 0 Å². The van der Waals surface area contributed by atoms with Gasteiger partial charge >= 0.3 is 0 Å². The second-order valence-corrected chi connectivity index (χ2v) is 3.94. The highest BCUT2D eigenvalue weighted by Gasteiger charge is 2.04. The fourth-order valence-electron chi connectivity index (χ4n) is 1.89. The Morgan fingerprint density at radius 3 is 2.88 bits per heavy atom. The molecule has 1 aromatic carbocycles. The van der Waals surface area contributed by atoms with Crippen molar-refractivity contribution in [2.45, 2.75) is 6.54 Å². The molecule has 0 saturated heterocycles. The first kappa shape index (κ1) is 12.1. The number of methoxy groups -OCH3 is 1. The van der Waals surface area contributed by atoms with E-state index in [2.05, 4.69) is 47.6 Å². The average Bonchev–Trinajstić information content (AvgIpc) is 2.67. The Morgan fingerprint density at radius 2 is 2.06 bits per heavy atom. The van der Waals surface area contributed by atoms with E-state index in [0.29, 0.717) is 19.8 Å². The largest absolute Gasteiger partial charge is 0.382 e. The third-order valence-corrected chi connectivity index (χ3v) is 2.73. The number of hydroxylamine groups is 1. The Balaban J connectivity index is 1.99. The van der Waals surface area contributed by atoms with Gasteiger partial charge in [0.1, 0.15) is 0 Å². The standard InChI is InChI=1S/C13H18N2O2/c1-15-10-11(9-14-17-8-7-16-2)12-5-3-4-6-13(12)15/h3-6,10,14H,7-9H2,1-2H3. The summed E-state index contributed by atoms with van der Waals surface area (Å²) in [7, 11) is 3.71. The van der Waals surface area contributed by atoms with Gasteiger partial charge in [-0.25, -0.2) is 0 Å². The lowest BCUT2D eigenvalue weighted by atomic mass is 10.2. The third-order valence-electron chi connectivity index (χ3n) is 2.73. The zero-order valence-corrected chi connectivity index (χ0v) is 10.3. The lowest BCUT2D eigenvalue weighted by molar-refractivity contribution is 0.00361. The summed E-state index contributed by atoms with van der Waals surface area (Å²) in [6, 6.07) is 8.35. The Morgan fingerprint density at radius 1 is 1.24 bits per heavy atom. The van der Waals surface area contributed by atoms with Crippen LogP contribution in [0.2, 0.25) is 0 Å². The summed E-state index contributed by atoms with van der Waals surface area (Å²) in [5.74, 6) is 0. The Bertz CT molecular complexity index is 479. The van der Waals surface area contributed by atoms with Gasteiger partial charge in [0, 0.05) is 37.8 Å². The zero-order valence-electron chi connectivity index (χ0n) is 10.3. The topological polar surface area (TPSA) is 35.4 Å². The van der Waals surface area contributed by atoms with Crippen LogP contribution in [0.15, 0.2) is 30.5 Å². The fraction of sp³-hybridized carbons (Fsp3) is 0.385. The number of aryl methyl sites for hydroxylation is 1. The van der Waals surface area contributed by atoms with E-state index < -0.39 is 0 Å². The number of nitrogens with zero attached hydrogens (tertiary/aromatic N) is 1. The molecule has 0 aliphatic rings. The van der Waals surface area contributed by atoms with E-state index >= 15 is 0 Å². The third kappa shape index (κ3) is 2.85. The van der Waals surface area contributed by atoms with Gasteiger partial charge < -0.3 is 9.30 Å². The summed E-state index contributed by atoms with van der Waals surface area (Å²) in [5.41, 5.74) is 5.42. The maximum atomic E-state index is 5.25. The zero-order chi connectivity index (χ0) is 12.1. The van der Waals surface area contributed by atoms with Crippen LogP contribution in [0.5, 0.6) is 0 Å². The van der Waals surface area contributed by atoms with E-state index in [1.54, 1.807) is 7.11 Å². The van der Waals surface area contributed by atoms with Crippen LogP contribution in [0.3, 0.4) is 0 Å². The highest BCUT2D eigenvalue weighted by atomic mass is 16.7. The van der Waals surface area contributed by atoms with Crippen molar-refractivity contribution in [3.63, 3.8) is 0 Å². The van der Waals surface area contributed by atoms with E-state index in [1.807, 2.05) is 0 Å². The van der Waals surface area contributed by atoms with Crippen LogP contribution in [0.4, 0.5) is 0 Å². The van der Waals surface area contributed by atoms with Crippen molar-refractivity contribution in [3.05, 3.63) is 36.0 Å². The molecule has 0 radical (unpaired) electrons. The minimum absolute atomic E-state index is 0.557. The number of aromatic nitrogens is 1. The quantitative estimate of drug-likeness (QED) is 0.612. The lowest BCUT2D eigenvalue weighted by Crippen LogP contribution is -2.16. The minimum atomic E-state index is 0.557. The molecular formula is C13H18N2O2. The van der Waals surface area contributed by atoms with Crippen molar-refractivity contribution in [3.8, 4) is 0 Å². The maximum absolute atomic E-state index is 5.25. The van der Waals surface area contributed by atoms with Crippen molar-refractivity contribution in [2.75, 3.05) is 20.3 Å². The van der Waals surface area contributed by atoms with Crippen molar-refractivity contribution >= 4 is 10.9 Å². The number of fused-ring (bicyclic) bond motifs is 1. The van der Waals surface area contributed by atoms with E-state index in [9.17, 15) is 0 Å². The van der Waals surface area contributed by atoms with E-state index in [4.69, 9.17) is 9.57 Å². The summed E-state index contributed by atoms with van der Waals surface area (Å²) >= 11 is 0. The molecule has 0 unspecified atom stereocenters. The van der Waals surface area contributed by atoms with Gasteiger partial charge in [0.05, 0.1) is 13.2 Å². The first-order valence-electron chi connectivity index (χ1n) is 5.69.